The van der Waals surface area contributed by atoms with Gasteiger partial charge in [-0.25, -0.2) is 4.98 Å². The Morgan fingerprint density at radius 2 is 2.12 bits per heavy atom. The predicted octanol–water partition coefficient (Wildman–Crippen LogP) is 1.65. The SMILES string of the molecule is Cc1nc2sc([C@H](c3cccs3)[NH+]3C[C@@H](C)O[C@H](C)C3)c(O)n2n1. The van der Waals surface area contributed by atoms with Crippen LogP contribution in [0.2, 0.25) is 0 Å². The normalized spacial score (nSPS) is 26.0. The Kier molecular flexibility index (Phi) is 4.07. The molecule has 8 heteroatoms. The summed E-state index contributed by atoms with van der Waals surface area (Å²) in [6.45, 7) is 7.91. The van der Waals surface area contributed by atoms with Crippen LogP contribution in [0.1, 0.15) is 35.5 Å². The number of ether oxygens (including phenoxy) is 1. The lowest BCUT2D eigenvalue weighted by atomic mass is 10.1. The number of hydrogen-bond donors (Lipinski definition) is 2. The molecular formula is C16H21N4O2S2+. The van der Waals surface area contributed by atoms with Crippen LogP contribution in [0.3, 0.4) is 0 Å². The molecule has 3 aromatic rings. The number of thiazole rings is 1. The van der Waals surface area contributed by atoms with Crippen molar-refractivity contribution < 1.29 is 14.7 Å². The molecule has 0 aliphatic carbocycles. The Morgan fingerprint density at radius 1 is 1.38 bits per heavy atom. The molecule has 0 radical (unpaired) electrons. The number of nitrogens with one attached hydrogen (secondary N) is 1. The summed E-state index contributed by atoms with van der Waals surface area (Å²) in [4.78, 5) is 8.76. The zero-order chi connectivity index (χ0) is 16.8. The maximum atomic E-state index is 10.8. The lowest BCUT2D eigenvalue weighted by Crippen LogP contribution is -3.15. The Balaban J connectivity index is 1.80. The quantitative estimate of drug-likeness (QED) is 0.741. The van der Waals surface area contributed by atoms with Crippen LogP contribution < -0.4 is 4.90 Å². The lowest BCUT2D eigenvalue weighted by molar-refractivity contribution is -0.939. The van der Waals surface area contributed by atoms with Crippen molar-refractivity contribution in [2.75, 3.05) is 13.1 Å². The number of nitrogens with zero attached hydrogens (tertiary/aromatic N) is 3. The number of thiophene rings is 1. The van der Waals surface area contributed by atoms with Gasteiger partial charge in [0.15, 0.2) is 6.04 Å². The maximum absolute atomic E-state index is 10.8. The maximum Gasteiger partial charge on any atom is 0.235 e. The van der Waals surface area contributed by atoms with Crippen molar-refractivity contribution in [1.29, 1.82) is 0 Å². The molecular weight excluding hydrogens is 344 g/mol. The van der Waals surface area contributed by atoms with Crippen LogP contribution in [0.4, 0.5) is 0 Å². The third kappa shape index (κ3) is 2.73. The summed E-state index contributed by atoms with van der Waals surface area (Å²) in [7, 11) is 0. The molecule has 0 bridgehead atoms. The monoisotopic (exact) mass is 365 g/mol. The second-order valence-electron chi connectivity index (χ2n) is 6.42. The number of hydrogen-bond acceptors (Lipinski definition) is 6. The molecule has 1 fully saturated rings. The van der Waals surface area contributed by atoms with Crippen molar-refractivity contribution in [2.24, 2.45) is 0 Å². The second-order valence-corrected chi connectivity index (χ2v) is 8.40. The predicted molar refractivity (Wildman–Crippen MR) is 94.1 cm³/mol. The molecule has 0 saturated carbocycles. The minimum absolute atomic E-state index is 0.0904. The Labute approximate surface area is 148 Å². The van der Waals surface area contributed by atoms with Crippen LogP contribution in [-0.4, -0.2) is 45.0 Å². The first-order valence-electron chi connectivity index (χ1n) is 8.11. The molecule has 0 spiro atoms. The van der Waals surface area contributed by atoms with Gasteiger partial charge in [0.25, 0.3) is 0 Å². The number of aromatic hydroxyl groups is 1. The van der Waals surface area contributed by atoms with Gasteiger partial charge in [0.05, 0.1) is 4.88 Å². The fourth-order valence-electron chi connectivity index (χ4n) is 3.56. The van der Waals surface area contributed by atoms with Crippen molar-refractivity contribution in [3.8, 4) is 5.88 Å². The molecule has 0 aromatic carbocycles. The number of rotatable bonds is 3. The topological polar surface area (TPSA) is 64.1 Å². The smallest absolute Gasteiger partial charge is 0.235 e. The third-order valence-electron chi connectivity index (χ3n) is 4.37. The molecule has 0 amide bonds. The highest BCUT2D eigenvalue weighted by molar-refractivity contribution is 7.17. The third-order valence-corrected chi connectivity index (χ3v) is 6.39. The van der Waals surface area contributed by atoms with Gasteiger partial charge in [-0.05, 0) is 32.2 Å². The van der Waals surface area contributed by atoms with Crippen molar-refractivity contribution >= 4 is 27.6 Å². The van der Waals surface area contributed by atoms with Crippen LogP contribution in [-0.2, 0) is 4.74 Å². The summed E-state index contributed by atoms with van der Waals surface area (Å²) in [5.41, 5.74) is 0. The Bertz CT molecular complexity index is 832. The first kappa shape index (κ1) is 16.0. The number of fused-ring (bicyclic) bond motifs is 1. The van der Waals surface area contributed by atoms with E-state index in [9.17, 15) is 5.11 Å². The molecule has 1 aliphatic heterocycles. The molecule has 1 aliphatic rings. The number of quaternary nitrogens is 1. The Morgan fingerprint density at radius 3 is 2.75 bits per heavy atom. The standard InChI is InChI=1S/C16H20N4O2S2/c1-9-7-19(8-10(2)22-9)13(12-5-4-6-23-12)14-15(21)20-16(24-14)17-11(3)18-20/h4-6,9-10,13,21H,7-8H2,1-3H3/p+1/t9-,10-,13+/m1/s1. The van der Waals surface area contributed by atoms with E-state index in [4.69, 9.17) is 4.74 Å². The van der Waals surface area contributed by atoms with Crippen LogP contribution in [0.15, 0.2) is 17.5 Å². The molecule has 128 valence electrons. The molecule has 24 heavy (non-hydrogen) atoms. The first-order valence-corrected chi connectivity index (χ1v) is 9.81. The summed E-state index contributed by atoms with van der Waals surface area (Å²) in [5, 5.41) is 17.2. The molecule has 3 aromatic heterocycles. The average Bonchev–Trinajstić information content (AvgIpc) is 3.20. The van der Waals surface area contributed by atoms with Gasteiger partial charge in [-0.1, -0.05) is 17.4 Å². The van der Waals surface area contributed by atoms with Crippen LogP contribution in [0.25, 0.3) is 4.96 Å². The lowest BCUT2D eigenvalue weighted by Gasteiger charge is -2.36. The Hall–Kier alpha value is -1.48. The molecule has 6 nitrogen and oxygen atoms in total. The summed E-state index contributed by atoms with van der Waals surface area (Å²) >= 11 is 3.26. The molecule has 2 N–H and O–H groups in total. The fraction of sp³-hybridized carbons (Fsp3) is 0.500. The average molecular weight is 366 g/mol. The summed E-state index contributed by atoms with van der Waals surface area (Å²) in [6.07, 6.45) is 0.413. The zero-order valence-corrected chi connectivity index (χ0v) is 15.5. The number of morpholine rings is 1. The summed E-state index contributed by atoms with van der Waals surface area (Å²) in [5.74, 6) is 0.894. The van der Waals surface area contributed by atoms with Gasteiger partial charge >= 0.3 is 0 Å². The van der Waals surface area contributed by atoms with E-state index in [0.29, 0.717) is 5.82 Å². The van der Waals surface area contributed by atoms with E-state index in [0.717, 1.165) is 22.9 Å². The van der Waals surface area contributed by atoms with E-state index in [1.165, 1.54) is 21.1 Å². The molecule has 4 heterocycles. The number of aromatic nitrogens is 3. The summed E-state index contributed by atoms with van der Waals surface area (Å²) in [6, 6.07) is 4.30. The van der Waals surface area contributed by atoms with E-state index in [1.54, 1.807) is 15.9 Å². The van der Waals surface area contributed by atoms with E-state index in [-0.39, 0.29) is 24.1 Å². The van der Waals surface area contributed by atoms with Crippen molar-refractivity contribution in [2.45, 2.75) is 39.0 Å². The molecule has 4 rings (SSSR count). The van der Waals surface area contributed by atoms with Gasteiger partial charge in [0.2, 0.25) is 10.8 Å². The molecule has 3 atom stereocenters. The highest BCUT2D eigenvalue weighted by Gasteiger charge is 2.37. The van der Waals surface area contributed by atoms with Gasteiger partial charge in [-0.15, -0.1) is 16.4 Å². The van der Waals surface area contributed by atoms with Crippen LogP contribution in [0, 0.1) is 6.92 Å². The molecule has 0 unspecified atom stereocenters. The van der Waals surface area contributed by atoms with E-state index >= 15 is 0 Å². The van der Waals surface area contributed by atoms with Gasteiger partial charge < -0.3 is 14.7 Å². The molecule has 1 saturated heterocycles. The highest BCUT2D eigenvalue weighted by Crippen LogP contribution is 2.36. The van der Waals surface area contributed by atoms with Gasteiger partial charge in [0.1, 0.15) is 36.0 Å². The largest absolute Gasteiger partial charge is 0.492 e. The van der Waals surface area contributed by atoms with E-state index in [1.807, 2.05) is 6.92 Å². The van der Waals surface area contributed by atoms with Gasteiger partial charge in [0, 0.05) is 0 Å². The fourth-order valence-corrected chi connectivity index (χ4v) is 5.70. The zero-order valence-electron chi connectivity index (χ0n) is 13.9. The minimum Gasteiger partial charge on any atom is -0.492 e. The summed E-state index contributed by atoms with van der Waals surface area (Å²) < 4.78 is 7.46. The number of aryl methyl sites for hydroxylation is 1. The van der Waals surface area contributed by atoms with Crippen molar-refractivity contribution in [3.05, 3.63) is 33.1 Å². The van der Waals surface area contributed by atoms with Gasteiger partial charge in [-0.3, -0.25) is 0 Å². The van der Waals surface area contributed by atoms with E-state index in [2.05, 4.69) is 41.4 Å². The van der Waals surface area contributed by atoms with Gasteiger partial charge in [-0.2, -0.15) is 4.52 Å². The second kappa shape index (κ2) is 6.11. The van der Waals surface area contributed by atoms with Crippen LogP contribution in [0.5, 0.6) is 5.88 Å². The van der Waals surface area contributed by atoms with Crippen molar-refractivity contribution in [3.63, 3.8) is 0 Å². The first-order chi connectivity index (χ1) is 11.5. The van der Waals surface area contributed by atoms with Crippen molar-refractivity contribution in [1.82, 2.24) is 14.6 Å². The highest BCUT2D eigenvalue weighted by atomic mass is 32.1. The van der Waals surface area contributed by atoms with Crippen LogP contribution >= 0.6 is 22.7 Å². The minimum atomic E-state index is 0.0904. The van der Waals surface area contributed by atoms with E-state index < -0.39 is 0 Å².